The Bertz CT molecular complexity index is 614. The zero-order valence-electron chi connectivity index (χ0n) is 14.4. The highest BCUT2D eigenvalue weighted by Gasteiger charge is 2.21. The van der Waals surface area contributed by atoms with Crippen molar-refractivity contribution in [1.82, 2.24) is 15.1 Å². The van der Waals surface area contributed by atoms with Crippen LogP contribution in [0.2, 0.25) is 0 Å². The average Bonchev–Trinajstić information content (AvgIpc) is 3.31. The molecule has 3 heterocycles. The first-order chi connectivity index (χ1) is 12.3. The highest BCUT2D eigenvalue weighted by molar-refractivity contribution is 7.80. The molecule has 0 bridgehead atoms. The molecule has 2 fully saturated rings. The normalized spacial score (nSPS) is 23.0. The Labute approximate surface area is 154 Å². The van der Waals surface area contributed by atoms with E-state index in [0.29, 0.717) is 12.9 Å². The van der Waals surface area contributed by atoms with E-state index in [1.165, 1.54) is 5.56 Å². The van der Waals surface area contributed by atoms with Crippen LogP contribution in [0.4, 0.5) is 0 Å². The molecule has 2 saturated heterocycles. The number of hydrogen-bond acceptors (Lipinski definition) is 5. The van der Waals surface area contributed by atoms with Gasteiger partial charge in [-0.05, 0) is 42.8 Å². The molecule has 0 spiro atoms. The minimum atomic E-state index is 0.324. The first-order valence-corrected chi connectivity index (χ1v) is 9.44. The Hall–Kier alpha value is -1.57. The van der Waals surface area contributed by atoms with Gasteiger partial charge < -0.3 is 24.4 Å². The summed E-state index contributed by atoms with van der Waals surface area (Å²) in [7, 11) is 0. The summed E-state index contributed by atoms with van der Waals surface area (Å²) in [4.78, 5) is 4.72. The van der Waals surface area contributed by atoms with E-state index in [4.69, 9.17) is 26.4 Å². The van der Waals surface area contributed by atoms with Crippen molar-refractivity contribution in [3.63, 3.8) is 0 Å². The molecule has 1 aromatic carbocycles. The van der Waals surface area contributed by atoms with Crippen LogP contribution in [0.3, 0.4) is 0 Å². The number of ether oxygens (including phenoxy) is 3. The van der Waals surface area contributed by atoms with Crippen molar-refractivity contribution in [1.29, 1.82) is 0 Å². The first-order valence-electron chi connectivity index (χ1n) is 9.03. The third-order valence-corrected chi connectivity index (χ3v) is 5.41. The van der Waals surface area contributed by atoms with Gasteiger partial charge in [-0.25, -0.2) is 0 Å². The third kappa shape index (κ3) is 4.16. The Morgan fingerprint density at radius 2 is 2.00 bits per heavy atom. The minimum absolute atomic E-state index is 0.324. The van der Waals surface area contributed by atoms with E-state index in [-0.39, 0.29) is 0 Å². The second-order valence-electron chi connectivity index (χ2n) is 6.77. The van der Waals surface area contributed by atoms with Gasteiger partial charge in [0.05, 0.1) is 6.10 Å². The van der Waals surface area contributed by atoms with Gasteiger partial charge in [0.25, 0.3) is 0 Å². The molecule has 3 aliphatic rings. The van der Waals surface area contributed by atoms with E-state index >= 15 is 0 Å². The van der Waals surface area contributed by atoms with Gasteiger partial charge in [-0.3, -0.25) is 4.90 Å². The van der Waals surface area contributed by atoms with Crippen molar-refractivity contribution < 1.29 is 14.2 Å². The molecule has 0 aromatic heterocycles. The van der Waals surface area contributed by atoms with E-state index in [0.717, 1.165) is 75.3 Å². The molecule has 0 unspecified atom stereocenters. The number of piperazine rings is 1. The van der Waals surface area contributed by atoms with E-state index in [2.05, 4.69) is 27.2 Å². The number of nitrogens with zero attached hydrogens (tertiary/aromatic N) is 2. The fraction of sp³-hybridized carbons (Fsp3) is 0.611. The molecule has 0 radical (unpaired) electrons. The lowest BCUT2D eigenvalue weighted by atomic mass is 10.1. The maximum absolute atomic E-state index is 5.64. The molecule has 1 atom stereocenters. The summed E-state index contributed by atoms with van der Waals surface area (Å²) < 4.78 is 16.5. The number of fused-ring (bicyclic) bond motifs is 1. The van der Waals surface area contributed by atoms with Crippen LogP contribution in [0.15, 0.2) is 18.2 Å². The monoisotopic (exact) mass is 363 g/mol. The van der Waals surface area contributed by atoms with Gasteiger partial charge in [-0.1, -0.05) is 6.07 Å². The molecule has 7 heteroatoms. The molecule has 25 heavy (non-hydrogen) atoms. The van der Waals surface area contributed by atoms with Crippen LogP contribution in [0.25, 0.3) is 0 Å². The van der Waals surface area contributed by atoms with Gasteiger partial charge in [-0.15, -0.1) is 0 Å². The molecule has 0 aliphatic carbocycles. The van der Waals surface area contributed by atoms with Gasteiger partial charge in [0.2, 0.25) is 6.79 Å². The third-order valence-electron chi connectivity index (χ3n) is 5.01. The second kappa shape index (κ2) is 7.76. The lowest BCUT2D eigenvalue weighted by Crippen LogP contribution is -2.52. The minimum Gasteiger partial charge on any atom is -0.454 e. The summed E-state index contributed by atoms with van der Waals surface area (Å²) in [6.07, 6.45) is 2.63. The summed E-state index contributed by atoms with van der Waals surface area (Å²) >= 11 is 5.54. The largest absolute Gasteiger partial charge is 0.454 e. The van der Waals surface area contributed by atoms with Crippen LogP contribution in [-0.4, -0.2) is 67.1 Å². The van der Waals surface area contributed by atoms with Crippen molar-refractivity contribution in [2.45, 2.75) is 25.5 Å². The predicted octanol–water partition coefficient (Wildman–Crippen LogP) is 1.59. The molecule has 1 aromatic rings. The SMILES string of the molecule is S=C(NC[C@H]1CCCO1)N1CCN(Cc2ccc3c(c2)OCO3)CC1. The molecule has 0 saturated carbocycles. The number of rotatable bonds is 4. The van der Waals surface area contributed by atoms with Crippen LogP contribution in [0.5, 0.6) is 11.5 Å². The van der Waals surface area contributed by atoms with E-state index in [1.807, 2.05) is 6.07 Å². The van der Waals surface area contributed by atoms with Gasteiger partial charge in [0.1, 0.15) is 0 Å². The van der Waals surface area contributed by atoms with Gasteiger partial charge >= 0.3 is 0 Å². The van der Waals surface area contributed by atoms with Crippen molar-refractivity contribution in [3.05, 3.63) is 23.8 Å². The van der Waals surface area contributed by atoms with Gasteiger partial charge in [-0.2, -0.15) is 0 Å². The average molecular weight is 363 g/mol. The number of thiocarbonyl (C=S) groups is 1. The zero-order chi connectivity index (χ0) is 17.1. The van der Waals surface area contributed by atoms with Gasteiger partial charge in [0.15, 0.2) is 16.6 Å². The standard InChI is InChI=1S/C18H25N3O3S/c25-18(19-11-15-2-1-9-22-15)21-7-5-20(6-8-21)12-14-3-4-16-17(10-14)24-13-23-16/h3-4,10,15H,1-2,5-9,11-13H2,(H,19,25)/t15-/m1/s1. The van der Waals surface area contributed by atoms with Crippen LogP contribution in [0, 0.1) is 0 Å². The molecule has 0 amide bonds. The Kier molecular flexibility index (Phi) is 5.24. The maximum Gasteiger partial charge on any atom is 0.231 e. The highest BCUT2D eigenvalue weighted by atomic mass is 32.1. The number of benzene rings is 1. The molecule has 4 rings (SSSR count). The lowest BCUT2D eigenvalue weighted by Gasteiger charge is -2.36. The molecule has 3 aliphatic heterocycles. The van der Waals surface area contributed by atoms with Crippen LogP contribution in [0.1, 0.15) is 18.4 Å². The molecule has 1 N–H and O–H groups in total. The molecular formula is C18H25N3O3S. The fourth-order valence-electron chi connectivity index (χ4n) is 3.52. The van der Waals surface area contributed by atoms with Gasteiger partial charge in [0, 0.05) is 45.9 Å². The highest BCUT2D eigenvalue weighted by Crippen LogP contribution is 2.32. The lowest BCUT2D eigenvalue weighted by molar-refractivity contribution is 0.112. The van der Waals surface area contributed by atoms with Crippen molar-refractivity contribution >= 4 is 17.3 Å². The Morgan fingerprint density at radius 1 is 1.16 bits per heavy atom. The van der Waals surface area contributed by atoms with Crippen molar-refractivity contribution in [3.8, 4) is 11.5 Å². The smallest absolute Gasteiger partial charge is 0.231 e. The van der Waals surface area contributed by atoms with E-state index < -0.39 is 0 Å². The summed E-state index contributed by atoms with van der Waals surface area (Å²) in [6, 6.07) is 6.20. The van der Waals surface area contributed by atoms with E-state index in [1.54, 1.807) is 0 Å². The predicted molar refractivity (Wildman–Crippen MR) is 99.0 cm³/mol. The topological polar surface area (TPSA) is 46.2 Å². The van der Waals surface area contributed by atoms with E-state index in [9.17, 15) is 0 Å². The fourth-order valence-corrected chi connectivity index (χ4v) is 3.79. The van der Waals surface area contributed by atoms with Crippen molar-refractivity contribution in [2.24, 2.45) is 0 Å². The Morgan fingerprint density at radius 3 is 2.80 bits per heavy atom. The second-order valence-corrected chi connectivity index (χ2v) is 7.16. The molecule has 136 valence electrons. The zero-order valence-corrected chi connectivity index (χ0v) is 15.2. The van der Waals surface area contributed by atoms with Crippen molar-refractivity contribution in [2.75, 3.05) is 46.1 Å². The Balaban J connectivity index is 1.22. The molecule has 6 nitrogen and oxygen atoms in total. The summed E-state index contributed by atoms with van der Waals surface area (Å²) in [5.41, 5.74) is 1.26. The summed E-state index contributed by atoms with van der Waals surface area (Å²) in [5, 5.41) is 4.23. The quantitative estimate of drug-likeness (QED) is 0.815. The number of nitrogens with one attached hydrogen (secondary N) is 1. The maximum atomic E-state index is 5.64. The first kappa shape index (κ1) is 16.9. The summed E-state index contributed by atoms with van der Waals surface area (Å²) in [5.74, 6) is 1.70. The van der Waals surface area contributed by atoms with Crippen LogP contribution in [-0.2, 0) is 11.3 Å². The number of hydrogen-bond donors (Lipinski definition) is 1. The summed E-state index contributed by atoms with van der Waals surface area (Å²) in [6.45, 7) is 6.92. The van der Waals surface area contributed by atoms with Crippen LogP contribution < -0.4 is 14.8 Å². The van der Waals surface area contributed by atoms with Crippen LogP contribution >= 0.6 is 12.2 Å². The molecular weight excluding hydrogens is 338 g/mol.